The first-order valence-corrected chi connectivity index (χ1v) is 11.4. The number of nitrogens with one attached hydrogen (secondary N) is 1. The van der Waals surface area contributed by atoms with Crippen LogP contribution in [-0.4, -0.2) is 43.8 Å². The molecule has 4 rings (SSSR count). The van der Waals surface area contributed by atoms with Gasteiger partial charge in [0, 0.05) is 31.3 Å². The van der Waals surface area contributed by atoms with Crippen molar-refractivity contribution in [1.29, 1.82) is 0 Å². The van der Waals surface area contributed by atoms with E-state index in [1.165, 1.54) is 42.5 Å². The molecule has 3 aromatic rings. The molecule has 1 fully saturated rings. The molecule has 1 aromatic heterocycles. The zero-order chi connectivity index (χ0) is 22.9. The fourth-order valence-electron chi connectivity index (χ4n) is 3.47. The van der Waals surface area contributed by atoms with Gasteiger partial charge >= 0.3 is 0 Å². The predicted octanol–water partition coefficient (Wildman–Crippen LogP) is 3.85. The molecule has 32 heavy (non-hydrogen) atoms. The lowest BCUT2D eigenvalue weighted by Gasteiger charge is -2.11. The van der Waals surface area contributed by atoms with Crippen molar-refractivity contribution in [2.24, 2.45) is 4.40 Å². The molecule has 0 saturated carbocycles. The van der Waals surface area contributed by atoms with E-state index < -0.39 is 21.7 Å². The van der Waals surface area contributed by atoms with Gasteiger partial charge in [-0.1, -0.05) is 11.2 Å². The van der Waals surface area contributed by atoms with Gasteiger partial charge in [0.15, 0.2) is 0 Å². The Morgan fingerprint density at radius 3 is 2.66 bits per heavy atom. The summed E-state index contributed by atoms with van der Waals surface area (Å²) in [4.78, 5) is 14.8. The molecule has 2 heterocycles. The van der Waals surface area contributed by atoms with Gasteiger partial charge in [-0.2, -0.15) is 8.42 Å². The van der Waals surface area contributed by atoms with Gasteiger partial charge < -0.3 is 14.7 Å². The topological polar surface area (TPSA) is 105 Å². The van der Waals surface area contributed by atoms with Crippen LogP contribution in [0.15, 0.2) is 62.3 Å². The summed E-state index contributed by atoms with van der Waals surface area (Å²) in [5, 5.41) is 6.61. The quantitative estimate of drug-likeness (QED) is 0.625. The number of nitrogens with zero attached hydrogens (tertiary/aromatic N) is 3. The highest BCUT2D eigenvalue weighted by Crippen LogP contribution is 2.27. The van der Waals surface area contributed by atoms with Gasteiger partial charge in [0.25, 0.3) is 15.9 Å². The van der Waals surface area contributed by atoms with Crippen LogP contribution >= 0.6 is 0 Å². The number of hydrogen-bond acceptors (Lipinski definition) is 5. The fraction of sp³-hybridized carbons (Fsp3) is 0.227. The largest absolute Gasteiger partial charge is 0.362 e. The number of likely N-dealkylation sites (tertiary alicyclic amines) is 1. The molecule has 1 amide bonds. The van der Waals surface area contributed by atoms with Crippen molar-refractivity contribution >= 4 is 27.5 Å². The number of carbonyl (C=O) groups is 1. The van der Waals surface area contributed by atoms with Gasteiger partial charge in [-0.3, -0.25) is 4.79 Å². The average Bonchev–Trinajstić information content (AvgIpc) is 3.34. The molecule has 8 nitrogen and oxygen atoms in total. The summed E-state index contributed by atoms with van der Waals surface area (Å²) in [5.74, 6) is -0.144. The van der Waals surface area contributed by atoms with Crippen LogP contribution in [0.2, 0.25) is 0 Å². The minimum atomic E-state index is -3.92. The molecule has 0 radical (unpaired) electrons. The number of benzene rings is 2. The van der Waals surface area contributed by atoms with E-state index >= 15 is 0 Å². The van der Waals surface area contributed by atoms with E-state index in [-0.39, 0.29) is 27.6 Å². The first-order valence-electron chi connectivity index (χ1n) is 9.93. The van der Waals surface area contributed by atoms with Crippen LogP contribution in [0.1, 0.15) is 29.0 Å². The molecular formula is C22H21FN4O4S. The number of aromatic nitrogens is 1. The summed E-state index contributed by atoms with van der Waals surface area (Å²) in [7, 11) is -2.12. The molecule has 2 aromatic carbocycles. The Balaban J connectivity index is 1.61. The first-order chi connectivity index (χ1) is 15.2. The lowest BCUT2D eigenvalue weighted by molar-refractivity contribution is 0.102. The Kier molecular flexibility index (Phi) is 5.79. The van der Waals surface area contributed by atoms with E-state index in [9.17, 15) is 17.6 Å². The SMILES string of the molecule is Cc1onc(-c2ccc(F)cc2)c1C(=O)Nc1cccc(S(=O)(=O)/N=C2\CCCN2C)c1. The zero-order valence-electron chi connectivity index (χ0n) is 17.5. The van der Waals surface area contributed by atoms with Crippen LogP contribution in [-0.2, 0) is 10.0 Å². The smallest absolute Gasteiger partial charge is 0.284 e. The summed E-state index contributed by atoms with van der Waals surface area (Å²) in [6, 6.07) is 11.4. The van der Waals surface area contributed by atoms with E-state index in [4.69, 9.17) is 4.52 Å². The van der Waals surface area contributed by atoms with Gasteiger partial charge in [-0.25, -0.2) is 4.39 Å². The second kappa shape index (κ2) is 8.54. The minimum absolute atomic E-state index is 0.0242. The van der Waals surface area contributed by atoms with E-state index in [2.05, 4.69) is 14.9 Å². The maximum Gasteiger partial charge on any atom is 0.284 e. The monoisotopic (exact) mass is 456 g/mol. The van der Waals surface area contributed by atoms with Crippen molar-refractivity contribution in [3.63, 3.8) is 0 Å². The summed E-state index contributed by atoms with van der Waals surface area (Å²) in [6.07, 6.45) is 1.46. The molecule has 1 saturated heterocycles. The number of amides is 1. The number of carbonyl (C=O) groups excluding carboxylic acids is 1. The second-order valence-corrected chi connectivity index (χ2v) is 9.06. The molecule has 0 unspecified atom stereocenters. The lowest BCUT2D eigenvalue weighted by atomic mass is 10.1. The number of rotatable bonds is 5. The van der Waals surface area contributed by atoms with Crippen LogP contribution in [0.3, 0.4) is 0 Å². The third kappa shape index (κ3) is 4.40. The average molecular weight is 456 g/mol. The first kappa shape index (κ1) is 21.7. The summed E-state index contributed by atoms with van der Waals surface area (Å²) in [5.41, 5.74) is 1.24. The molecule has 166 valence electrons. The van der Waals surface area contributed by atoms with E-state index in [1.54, 1.807) is 20.0 Å². The van der Waals surface area contributed by atoms with Crippen molar-refractivity contribution in [3.05, 3.63) is 65.7 Å². The van der Waals surface area contributed by atoms with E-state index in [1.807, 2.05) is 4.90 Å². The van der Waals surface area contributed by atoms with Crippen molar-refractivity contribution in [3.8, 4) is 11.3 Å². The number of hydrogen-bond donors (Lipinski definition) is 1. The molecule has 0 bridgehead atoms. The van der Waals surface area contributed by atoms with Crippen molar-refractivity contribution < 1.29 is 22.1 Å². The molecular weight excluding hydrogens is 435 g/mol. The zero-order valence-corrected chi connectivity index (χ0v) is 18.3. The molecule has 1 aliphatic heterocycles. The Morgan fingerprint density at radius 1 is 1.22 bits per heavy atom. The normalized spacial score (nSPS) is 15.3. The Bertz CT molecular complexity index is 1300. The van der Waals surface area contributed by atoms with Crippen molar-refractivity contribution in [1.82, 2.24) is 10.1 Å². The highest BCUT2D eigenvalue weighted by molar-refractivity contribution is 7.90. The van der Waals surface area contributed by atoms with E-state index in [0.717, 1.165) is 13.0 Å². The predicted molar refractivity (Wildman–Crippen MR) is 118 cm³/mol. The number of sulfonamides is 1. The molecule has 1 N–H and O–H groups in total. The summed E-state index contributed by atoms with van der Waals surface area (Å²) >= 11 is 0. The lowest BCUT2D eigenvalue weighted by Crippen LogP contribution is -2.20. The number of halogens is 1. The fourth-order valence-corrected chi connectivity index (χ4v) is 4.61. The number of aryl methyl sites for hydroxylation is 1. The molecule has 0 atom stereocenters. The maximum absolute atomic E-state index is 13.3. The van der Waals surface area contributed by atoms with Crippen LogP contribution in [0.5, 0.6) is 0 Å². The Labute approximate surface area is 184 Å². The van der Waals surface area contributed by atoms with E-state index in [0.29, 0.717) is 17.8 Å². The highest BCUT2D eigenvalue weighted by atomic mass is 32.2. The Morgan fingerprint density at radius 2 is 1.97 bits per heavy atom. The van der Waals surface area contributed by atoms with Gasteiger partial charge in [0.2, 0.25) is 0 Å². The van der Waals surface area contributed by atoms with Gasteiger partial charge in [0.1, 0.15) is 28.7 Å². The minimum Gasteiger partial charge on any atom is -0.362 e. The van der Waals surface area contributed by atoms with Gasteiger partial charge in [-0.05, 0) is 55.8 Å². The van der Waals surface area contributed by atoms with Crippen molar-refractivity contribution in [2.45, 2.75) is 24.7 Å². The second-order valence-electron chi connectivity index (χ2n) is 7.46. The summed E-state index contributed by atoms with van der Waals surface area (Å²) < 4.78 is 47.9. The van der Waals surface area contributed by atoms with Crippen LogP contribution < -0.4 is 5.32 Å². The Hall–Kier alpha value is -3.53. The highest BCUT2D eigenvalue weighted by Gasteiger charge is 2.23. The van der Waals surface area contributed by atoms with Gasteiger partial charge in [0.05, 0.1) is 4.90 Å². The number of anilines is 1. The molecule has 10 heteroatoms. The van der Waals surface area contributed by atoms with Gasteiger partial charge in [-0.15, -0.1) is 4.40 Å². The molecule has 0 spiro atoms. The van der Waals surface area contributed by atoms with Crippen LogP contribution in [0.4, 0.5) is 10.1 Å². The standard InChI is InChI=1S/C22H21FN4O4S/c1-14-20(21(25-31-14)15-8-10-16(23)11-9-15)22(28)24-17-5-3-6-18(13-17)32(29,30)26-19-7-4-12-27(19)2/h3,5-6,8-11,13H,4,7,12H2,1-2H3,(H,24,28)/b26-19+. The third-order valence-electron chi connectivity index (χ3n) is 5.16. The summed E-state index contributed by atoms with van der Waals surface area (Å²) in [6.45, 7) is 2.35. The molecule has 0 aliphatic carbocycles. The maximum atomic E-state index is 13.3. The molecule has 1 aliphatic rings. The third-order valence-corrected chi connectivity index (χ3v) is 6.46. The van der Waals surface area contributed by atoms with Crippen LogP contribution in [0, 0.1) is 12.7 Å². The number of amidine groups is 1. The van der Waals surface area contributed by atoms with Crippen molar-refractivity contribution in [2.75, 3.05) is 18.9 Å². The van der Waals surface area contributed by atoms with Crippen LogP contribution in [0.25, 0.3) is 11.3 Å².